The molecule has 0 aliphatic rings. The van der Waals surface area contributed by atoms with E-state index in [0.29, 0.717) is 5.13 Å². The highest BCUT2D eigenvalue weighted by Crippen LogP contribution is 2.12. The Balaban J connectivity index is 2.34. The fourth-order valence-electron chi connectivity index (χ4n) is 0.477. The molecule has 0 amide bonds. The molecule has 0 unspecified atom stereocenters. The monoisotopic (exact) mass is 169 g/mol. The average Bonchev–Trinajstić information content (AvgIpc) is 2.37. The fraction of sp³-hybridized carbons (Fsp3) is 0.333. The van der Waals surface area contributed by atoms with Crippen molar-refractivity contribution in [3.8, 4) is 12.3 Å². The third-order valence-electron chi connectivity index (χ3n) is 0.841. The number of anilines is 1. The van der Waals surface area contributed by atoms with Gasteiger partial charge in [0, 0.05) is 0 Å². The van der Waals surface area contributed by atoms with Crippen molar-refractivity contribution in [1.82, 2.24) is 10.2 Å². The molecule has 0 saturated heterocycles. The number of nitrogens with one attached hydrogen (secondary N) is 1. The van der Waals surface area contributed by atoms with Crippen molar-refractivity contribution in [2.24, 2.45) is 0 Å². The third kappa shape index (κ3) is 2.53. The first-order valence-electron chi connectivity index (χ1n) is 2.94. The first kappa shape index (κ1) is 7.98. The molecule has 0 atom stereocenters. The first-order valence-corrected chi connectivity index (χ1v) is 3.76. The van der Waals surface area contributed by atoms with E-state index in [1.165, 1.54) is 11.3 Å². The minimum Gasteiger partial charge on any atom is -0.261 e. The maximum atomic E-state index is 4.95. The zero-order valence-corrected chi connectivity index (χ0v) is 6.81. The van der Waals surface area contributed by atoms with E-state index in [4.69, 9.17) is 11.3 Å². The van der Waals surface area contributed by atoms with Gasteiger partial charge in [0.1, 0.15) is 11.6 Å². The molecule has 1 heterocycles. The third-order valence-corrected chi connectivity index (χ3v) is 1.58. The maximum absolute atomic E-state index is 4.95. The van der Waals surface area contributed by atoms with Crippen molar-refractivity contribution in [3.05, 3.63) is 5.01 Å². The Morgan fingerprint density at radius 2 is 2.55 bits per heavy atom. The first-order chi connectivity index (χ1) is 5.33. The van der Waals surface area contributed by atoms with E-state index >= 15 is 0 Å². The van der Waals surface area contributed by atoms with Gasteiger partial charge < -0.3 is 0 Å². The lowest BCUT2D eigenvalue weighted by Crippen LogP contribution is -2.00. The SMILES string of the molecule is C#CCONc1nnc(C)s1. The van der Waals surface area contributed by atoms with Gasteiger partial charge in [-0.15, -0.1) is 16.6 Å². The largest absolute Gasteiger partial charge is 0.261 e. The van der Waals surface area contributed by atoms with Gasteiger partial charge in [-0.25, -0.2) is 5.48 Å². The van der Waals surface area contributed by atoms with E-state index in [0.717, 1.165) is 5.01 Å². The highest BCUT2D eigenvalue weighted by molar-refractivity contribution is 7.15. The van der Waals surface area contributed by atoms with Crippen LogP contribution >= 0.6 is 11.3 Å². The summed E-state index contributed by atoms with van der Waals surface area (Å²) in [6.45, 7) is 2.09. The number of terminal acetylenes is 1. The topological polar surface area (TPSA) is 47.0 Å². The van der Waals surface area contributed by atoms with Crippen LogP contribution in [0.4, 0.5) is 5.13 Å². The van der Waals surface area contributed by atoms with Crippen molar-refractivity contribution in [1.29, 1.82) is 0 Å². The van der Waals surface area contributed by atoms with Gasteiger partial charge in [-0.2, -0.15) is 0 Å². The molecule has 1 N–H and O–H groups in total. The van der Waals surface area contributed by atoms with E-state index < -0.39 is 0 Å². The molecule has 1 aromatic heterocycles. The number of hydrogen-bond acceptors (Lipinski definition) is 5. The summed E-state index contributed by atoms with van der Waals surface area (Å²) in [4.78, 5) is 4.80. The van der Waals surface area contributed by atoms with Crippen LogP contribution in [0.25, 0.3) is 0 Å². The number of rotatable bonds is 3. The Morgan fingerprint density at radius 1 is 1.73 bits per heavy atom. The number of nitrogens with zero attached hydrogens (tertiary/aromatic N) is 2. The lowest BCUT2D eigenvalue weighted by molar-refractivity contribution is 0.233. The predicted octanol–water partition coefficient (Wildman–Crippen LogP) is 0.823. The van der Waals surface area contributed by atoms with Crippen LogP contribution in [-0.2, 0) is 4.84 Å². The summed E-state index contributed by atoms with van der Waals surface area (Å²) >= 11 is 1.41. The van der Waals surface area contributed by atoms with Crippen molar-refractivity contribution < 1.29 is 4.84 Å². The van der Waals surface area contributed by atoms with Gasteiger partial charge >= 0.3 is 0 Å². The molecule has 0 aliphatic carbocycles. The normalized spacial score (nSPS) is 9.09. The Morgan fingerprint density at radius 3 is 3.09 bits per heavy atom. The Labute approximate surface area is 68.6 Å². The summed E-state index contributed by atoms with van der Waals surface area (Å²) in [6, 6.07) is 0. The van der Waals surface area contributed by atoms with Gasteiger partial charge in [-0.1, -0.05) is 17.3 Å². The smallest absolute Gasteiger partial charge is 0.229 e. The summed E-state index contributed by atoms with van der Waals surface area (Å²) < 4.78 is 0. The Kier molecular flexibility index (Phi) is 2.83. The van der Waals surface area contributed by atoms with Crippen LogP contribution in [0, 0.1) is 19.3 Å². The highest BCUT2D eigenvalue weighted by atomic mass is 32.1. The molecule has 0 aromatic carbocycles. The van der Waals surface area contributed by atoms with Gasteiger partial charge in [0.05, 0.1) is 0 Å². The standard InChI is InChI=1S/C6H7N3OS/c1-3-4-10-9-6-8-7-5(2)11-6/h1H,4H2,2H3,(H,8,9). The molecule has 58 valence electrons. The second-order valence-electron chi connectivity index (χ2n) is 1.72. The van der Waals surface area contributed by atoms with Crippen molar-refractivity contribution in [2.45, 2.75) is 6.92 Å². The molecule has 0 saturated carbocycles. The van der Waals surface area contributed by atoms with E-state index in [1.807, 2.05) is 6.92 Å². The maximum Gasteiger partial charge on any atom is 0.229 e. The predicted molar refractivity (Wildman–Crippen MR) is 43.1 cm³/mol. The second kappa shape index (κ2) is 3.91. The lowest BCUT2D eigenvalue weighted by Gasteiger charge is -1.95. The average molecular weight is 169 g/mol. The van der Waals surface area contributed by atoms with Crippen molar-refractivity contribution >= 4 is 16.5 Å². The molecule has 0 radical (unpaired) electrons. The number of hydrogen-bond donors (Lipinski definition) is 1. The quantitative estimate of drug-likeness (QED) is 0.413. The zero-order chi connectivity index (χ0) is 8.10. The van der Waals surface area contributed by atoms with Crippen LogP contribution in [-0.4, -0.2) is 16.8 Å². The summed E-state index contributed by atoms with van der Waals surface area (Å²) in [5.74, 6) is 2.32. The summed E-state index contributed by atoms with van der Waals surface area (Å²) in [5.41, 5.74) is 2.57. The van der Waals surface area contributed by atoms with Gasteiger partial charge in [-0.05, 0) is 6.92 Å². The van der Waals surface area contributed by atoms with Crippen LogP contribution in [0.2, 0.25) is 0 Å². The summed E-state index contributed by atoms with van der Waals surface area (Å²) in [6.07, 6.45) is 4.95. The molecule has 1 aromatic rings. The Hall–Kier alpha value is -1.12. The molecule has 5 heteroatoms. The van der Waals surface area contributed by atoms with Gasteiger partial charge in [0.2, 0.25) is 5.13 Å². The van der Waals surface area contributed by atoms with Crippen LogP contribution in [0.5, 0.6) is 0 Å². The summed E-state index contributed by atoms with van der Waals surface area (Å²) in [7, 11) is 0. The number of aryl methyl sites for hydroxylation is 1. The molecular formula is C6H7N3OS. The molecule has 4 nitrogen and oxygen atoms in total. The van der Waals surface area contributed by atoms with E-state index in [2.05, 4.69) is 21.6 Å². The number of aromatic nitrogens is 2. The van der Waals surface area contributed by atoms with E-state index in [1.54, 1.807) is 0 Å². The lowest BCUT2D eigenvalue weighted by atomic mass is 10.8. The zero-order valence-electron chi connectivity index (χ0n) is 6.00. The Bertz CT molecular complexity index is 265. The van der Waals surface area contributed by atoms with Crippen molar-refractivity contribution in [3.63, 3.8) is 0 Å². The van der Waals surface area contributed by atoms with Gasteiger partial charge in [0.15, 0.2) is 0 Å². The van der Waals surface area contributed by atoms with Crippen LogP contribution in [0.3, 0.4) is 0 Å². The second-order valence-corrected chi connectivity index (χ2v) is 2.90. The minimum absolute atomic E-state index is 0.221. The molecule has 0 fully saturated rings. The minimum atomic E-state index is 0.221. The molecule has 1 rings (SSSR count). The van der Waals surface area contributed by atoms with Crippen LogP contribution in [0.15, 0.2) is 0 Å². The van der Waals surface area contributed by atoms with Crippen LogP contribution < -0.4 is 5.48 Å². The molecular weight excluding hydrogens is 162 g/mol. The highest BCUT2D eigenvalue weighted by Gasteiger charge is 1.96. The molecule has 0 aliphatic heterocycles. The molecule has 11 heavy (non-hydrogen) atoms. The van der Waals surface area contributed by atoms with E-state index in [9.17, 15) is 0 Å². The van der Waals surface area contributed by atoms with E-state index in [-0.39, 0.29) is 6.61 Å². The fourth-order valence-corrected chi connectivity index (χ4v) is 1.02. The summed E-state index contributed by atoms with van der Waals surface area (Å²) in [5, 5.41) is 9.03. The van der Waals surface area contributed by atoms with Crippen molar-refractivity contribution in [2.75, 3.05) is 12.1 Å². The van der Waals surface area contributed by atoms with Gasteiger partial charge in [-0.3, -0.25) is 4.84 Å². The van der Waals surface area contributed by atoms with Crippen LogP contribution in [0.1, 0.15) is 5.01 Å². The molecule has 0 spiro atoms. The molecule has 0 bridgehead atoms. The van der Waals surface area contributed by atoms with Gasteiger partial charge in [0.25, 0.3) is 0 Å².